The average molecular weight is 507 g/mol. The van der Waals surface area contributed by atoms with Crippen LogP contribution in [0.2, 0.25) is 5.02 Å². The van der Waals surface area contributed by atoms with Crippen molar-refractivity contribution < 1.29 is 13.2 Å². The van der Waals surface area contributed by atoms with Crippen molar-refractivity contribution in [3.05, 3.63) is 51.4 Å². The van der Waals surface area contributed by atoms with Crippen molar-refractivity contribution in [1.29, 1.82) is 5.26 Å². The highest BCUT2D eigenvalue weighted by molar-refractivity contribution is 6.31. The van der Waals surface area contributed by atoms with Crippen LogP contribution in [0.25, 0.3) is 10.9 Å². The first-order chi connectivity index (χ1) is 16.4. The standard InChI is InChI=1S/C24H26ClF3N6O/c1-23(2,3)32-20(24(26,27)28)15-7-6-14(12-16(15)25)31-21-19-18(9-11-30-22(19)35)34(33-21)17(8-10-29)13-4-5-13/h6-7,9,11-13,17,20,32H,4-5,8H2,1-3H3,(H,30,35)(H,31,33)/t17?,20-/m1/s1. The predicted octanol–water partition coefficient (Wildman–Crippen LogP) is 5.98. The molecule has 1 aliphatic carbocycles. The maximum Gasteiger partial charge on any atom is 0.407 e. The number of fused-ring (bicyclic) bond motifs is 1. The van der Waals surface area contributed by atoms with E-state index in [0.717, 1.165) is 12.8 Å². The molecule has 0 aliphatic heterocycles. The highest BCUT2D eigenvalue weighted by Crippen LogP contribution is 2.43. The van der Waals surface area contributed by atoms with Crippen LogP contribution in [0.4, 0.5) is 24.7 Å². The van der Waals surface area contributed by atoms with Crippen molar-refractivity contribution in [1.82, 2.24) is 20.1 Å². The molecule has 4 rings (SSSR count). The van der Waals surface area contributed by atoms with Crippen molar-refractivity contribution in [2.45, 2.75) is 63.8 Å². The third-order valence-electron chi connectivity index (χ3n) is 5.89. The van der Waals surface area contributed by atoms with E-state index in [1.54, 1.807) is 31.5 Å². The van der Waals surface area contributed by atoms with Crippen LogP contribution in [0.5, 0.6) is 0 Å². The molecule has 1 aromatic carbocycles. The lowest BCUT2D eigenvalue weighted by Gasteiger charge is -2.31. The molecule has 0 radical (unpaired) electrons. The smallest absolute Gasteiger partial charge is 0.338 e. The van der Waals surface area contributed by atoms with Gasteiger partial charge in [0.25, 0.3) is 5.56 Å². The summed E-state index contributed by atoms with van der Waals surface area (Å²) in [7, 11) is 0. The zero-order valence-electron chi connectivity index (χ0n) is 19.5. The van der Waals surface area contributed by atoms with Gasteiger partial charge in [0, 0.05) is 22.4 Å². The minimum atomic E-state index is -4.55. The van der Waals surface area contributed by atoms with E-state index in [4.69, 9.17) is 11.6 Å². The van der Waals surface area contributed by atoms with Crippen molar-refractivity contribution in [3.8, 4) is 6.07 Å². The summed E-state index contributed by atoms with van der Waals surface area (Å²) in [4.78, 5) is 15.3. The van der Waals surface area contributed by atoms with Crippen LogP contribution in [0.1, 0.15) is 57.7 Å². The van der Waals surface area contributed by atoms with E-state index in [2.05, 4.69) is 26.8 Å². The lowest BCUT2D eigenvalue weighted by atomic mass is 10.0. The molecule has 0 bridgehead atoms. The lowest BCUT2D eigenvalue weighted by molar-refractivity contribution is -0.161. The Hall–Kier alpha value is -3.03. The maximum absolute atomic E-state index is 13.8. The van der Waals surface area contributed by atoms with Crippen LogP contribution >= 0.6 is 11.6 Å². The number of alkyl halides is 3. The van der Waals surface area contributed by atoms with Gasteiger partial charge in [-0.05, 0) is 63.3 Å². The molecule has 0 saturated heterocycles. The number of halogens is 4. The number of aromatic nitrogens is 3. The molecule has 186 valence electrons. The molecular weight excluding hydrogens is 481 g/mol. The second-order valence-corrected chi connectivity index (χ2v) is 10.3. The zero-order valence-corrected chi connectivity index (χ0v) is 20.3. The van der Waals surface area contributed by atoms with Gasteiger partial charge in [-0.2, -0.15) is 23.5 Å². The van der Waals surface area contributed by atoms with Gasteiger partial charge in [0.15, 0.2) is 5.82 Å². The Morgan fingerprint density at radius 1 is 1.29 bits per heavy atom. The number of hydrogen-bond acceptors (Lipinski definition) is 5. The largest absolute Gasteiger partial charge is 0.407 e. The van der Waals surface area contributed by atoms with Crippen molar-refractivity contribution >= 4 is 34.0 Å². The van der Waals surface area contributed by atoms with E-state index >= 15 is 0 Å². The van der Waals surface area contributed by atoms with Crippen LogP contribution < -0.4 is 16.2 Å². The number of benzene rings is 1. The first-order valence-electron chi connectivity index (χ1n) is 11.3. The van der Waals surface area contributed by atoms with Crippen molar-refractivity contribution in [3.63, 3.8) is 0 Å². The molecule has 35 heavy (non-hydrogen) atoms. The summed E-state index contributed by atoms with van der Waals surface area (Å²) in [5, 5.41) is 19.7. The molecule has 0 spiro atoms. The van der Waals surface area contributed by atoms with Crippen LogP contribution in [0.15, 0.2) is 35.3 Å². The normalized spacial score (nSPS) is 16.2. The Morgan fingerprint density at radius 3 is 2.57 bits per heavy atom. The first kappa shape index (κ1) is 25.1. The Morgan fingerprint density at radius 2 is 2.00 bits per heavy atom. The molecule has 3 aromatic rings. The second kappa shape index (κ2) is 9.21. The van der Waals surface area contributed by atoms with Gasteiger partial charge in [0.05, 0.1) is 24.0 Å². The van der Waals surface area contributed by atoms with Crippen LogP contribution in [-0.2, 0) is 0 Å². The van der Waals surface area contributed by atoms with E-state index in [0.29, 0.717) is 22.5 Å². The third kappa shape index (κ3) is 5.46. The Balaban J connectivity index is 1.71. The molecule has 0 amide bonds. The molecule has 2 aromatic heterocycles. The highest BCUT2D eigenvalue weighted by Gasteiger charge is 2.43. The fraction of sp³-hybridized carbons (Fsp3) is 0.458. The monoisotopic (exact) mass is 506 g/mol. The van der Waals surface area contributed by atoms with Crippen molar-refractivity contribution in [2.75, 3.05) is 5.32 Å². The fourth-order valence-corrected chi connectivity index (χ4v) is 4.50. The third-order valence-corrected chi connectivity index (χ3v) is 6.22. The molecule has 2 atom stereocenters. The molecule has 1 aliphatic rings. The molecule has 11 heteroatoms. The minimum Gasteiger partial charge on any atom is -0.338 e. The lowest BCUT2D eigenvalue weighted by Crippen LogP contribution is -2.45. The molecule has 2 heterocycles. The van der Waals surface area contributed by atoms with Crippen LogP contribution in [0, 0.1) is 17.2 Å². The van der Waals surface area contributed by atoms with Crippen LogP contribution in [-0.4, -0.2) is 26.5 Å². The number of aromatic amines is 1. The Labute approximate surface area is 205 Å². The Kier molecular flexibility index (Phi) is 6.60. The first-order valence-corrected chi connectivity index (χ1v) is 11.6. The summed E-state index contributed by atoms with van der Waals surface area (Å²) >= 11 is 6.31. The quantitative estimate of drug-likeness (QED) is 0.366. The number of rotatable bonds is 7. The molecule has 1 saturated carbocycles. The van der Waals surface area contributed by atoms with Gasteiger partial charge in [-0.15, -0.1) is 0 Å². The van der Waals surface area contributed by atoms with Gasteiger partial charge in [-0.3, -0.25) is 14.8 Å². The van der Waals surface area contributed by atoms with E-state index in [1.807, 2.05) is 0 Å². The van der Waals surface area contributed by atoms with E-state index in [-0.39, 0.29) is 34.4 Å². The van der Waals surface area contributed by atoms with Crippen LogP contribution in [0.3, 0.4) is 0 Å². The number of anilines is 2. The fourth-order valence-electron chi connectivity index (χ4n) is 4.21. The maximum atomic E-state index is 13.8. The Bertz CT molecular complexity index is 1330. The molecule has 1 fully saturated rings. The minimum absolute atomic E-state index is 0.0768. The summed E-state index contributed by atoms with van der Waals surface area (Å²) in [6.45, 7) is 4.95. The SMILES string of the molecule is CC(C)(C)N[C@H](c1ccc(Nc2nn(C(CC#N)C3CC3)c3cc[nH]c(=O)c23)cc1Cl)C(F)(F)F. The number of H-pyrrole nitrogens is 1. The van der Waals surface area contributed by atoms with Gasteiger partial charge in [-0.25, -0.2) is 0 Å². The number of hydrogen-bond donors (Lipinski definition) is 3. The average Bonchev–Trinajstić information content (AvgIpc) is 3.52. The highest BCUT2D eigenvalue weighted by atomic mass is 35.5. The number of nitriles is 1. The summed E-state index contributed by atoms with van der Waals surface area (Å²) in [5.74, 6) is 0.558. The van der Waals surface area contributed by atoms with Gasteiger partial charge in [-0.1, -0.05) is 17.7 Å². The molecule has 7 nitrogen and oxygen atoms in total. The summed E-state index contributed by atoms with van der Waals surface area (Å²) in [6, 6.07) is 5.98. The van der Waals surface area contributed by atoms with Gasteiger partial charge in [0.1, 0.15) is 11.4 Å². The number of pyridine rings is 1. The summed E-state index contributed by atoms with van der Waals surface area (Å²) < 4.78 is 43.1. The van der Waals surface area contributed by atoms with Crippen molar-refractivity contribution in [2.24, 2.45) is 5.92 Å². The van der Waals surface area contributed by atoms with Gasteiger partial charge < -0.3 is 10.3 Å². The van der Waals surface area contributed by atoms with Gasteiger partial charge in [0.2, 0.25) is 0 Å². The molecular formula is C24H26ClF3N6O. The van der Waals surface area contributed by atoms with E-state index < -0.39 is 17.8 Å². The van der Waals surface area contributed by atoms with E-state index in [9.17, 15) is 23.2 Å². The topological polar surface area (TPSA) is 98.5 Å². The molecule has 1 unspecified atom stereocenters. The number of nitrogens with one attached hydrogen (secondary N) is 3. The molecule has 3 N–H and O–H groups in total. The zero-order chi connectivity index (χ0) is 25.5. The van der Waals surface area contributed by atoms with Gasteiger partial charge >= 0.3 is 6.18 Å². The second-order valence-electron chi connectivity index (χ2n) is 9.86. The summed E-state index contributed by atoms with van der Waals surface area (Å²) in [6.07, 6.45) is -0.798. The van der Waals surface area contributed by atoms with E-state index in [1.165, 1.54) is 24.4 Å². The summed E-state index contributed by atoms with van der Waals surface area (Å²) in [5.41, 5.74) is -0.298. The number of nitrogens with zero attached hydrogens (tertiary/aromatic N) is 3. The predicted molar refractivity (Wildman–Crippen MR) is 129 cm³/mol.